The van der Waals surface area contributed by atoms with Crippen LogP contribution in [0.25, 0.3) is 0 Å². The zero-order valence-corrected chi connectivity index (χ0v) is 17.4. The maximum absolute atomic E-state index is 14.8. The lowest BCUT2D eigenvalue weighted by atomic mass is 10.0. The minimum Gasteiger partial charge on any atom is -0.350 e. The standard InChI is InChI=1S/C21H18ClFN4O2S/c1-2-11-27(21(29)17-13-30-26-25-17)19(18-15(22)9-6-10-16(18)23)20(28)24-12-14-7-4-3-5-8-14/h2-10,13,19H,1,11-12H2,(H,24,28). The Morgan fingerprint density at radius 1 is 1.23 bits per heavy atom. The molecule has 0 spiro atoms. The first-order chi connectivity index (χ1) is 14.5. The monoisotopic (exact) mass is 444 g/mol. The van der Waals surface area contributed by atoms with Crippen molar-refractivity contribution < 1.29 is 14.0 Å². The second-order valence-electron chi connectivity index (χ2n) is 6.28. The molecule has 0 saturated heterocycles. The number of benzene rings is 2. The van der Waals surface area contributed by atoms with Gasteiger partial charge in [-0.1, -0.05) is 58.6 Å². The third-order valence-corrected chi connectivity index (χ3v) is 5.14. The Bertz CT molecular complexity index is 1010. The highest BCUT2D eigenvalue weighted by Gasteiger charge is 2.35. The van der Waals surface area contributed by atoms with Gasteiger partial charge in [-0.3, -0.25) is 9.59 Å². The number of nitrogens with one attached hydrogen (secondary N) is 1. The summed E-state index contributed by atoms with van der Waals surface area (Å²) in [5.74, 6) is -1.85. The molecule has 0 bridgehead atoms. The molecule has 154 valence electrons. The van der Waals surface area contributed by atoms with Crippen molar-refractivity contribution in [1.29, 1.82) is 0 Å². The Morgan fingerprint density at radius 3 is 2.63 bits per heavy atom. The normalized spacial score (nSPS) is 11.5. The Hall–Kier alpha value is -3.10. The lowest BCUT2D eigenvalue weighted by Gasteiger charge is -2.30. The fourth-order valence-electron chi connectivity index (χ4n) is 2.93. The van der Waals surface area contributed by atoms with Gasteiger partial charge in [0.25, 0.3) is 5.91 Å². The molecule has 0 aliphatic carbocycles. The lowest BCUT2D eigenvalue weighted by molar-refractivity contribution is -0.126. The molecule has 6 nitrogen and oxygen atoms in total. The summed E-state index contributed by atoms with van der Waals surface area (Å²) in [6.07, 6.45) is 1.45. The van der Waals surface area contributed by atoms with Gasteiger partial charge < -0.3 is 10.2 Å². The molecule has 0 aliphatic rings. The van der Waals surface area contributed by atoms with Gasteiger partial charge in [0.05, 0.1) is 0 Å². The van der Waals surface area contributed by atoms with Gasteiger partial charge >= 0.3 is 0 Å². The minimum atomic E-state index is -1.32. The van der Waals surface area contributed by atoms with E-state index in [2.05, 4.69) is 21.5 Å². The van der Waals surface area contributed by atoms with Gasteiger partial charge in [0.1, 0.15) is 11.9 Å². The average Bonchev–Trinajstić information content (AvgIpc) is 3.29. The molecule has 1 atom stereocenters. The minimum absolute atomic E-state index is 0.0234. The van der Waals surface area contributed by atoms with Crippen LogP contribution in [0.2, 0.25) is 5.02 Å². The van der Waals surface area contributed by atoms with Gasteiger partial charge in [-0.2, -0.15) is 0 Å². The molecule has 2 amide bonds. The van der Waals surface area contributed by atoms with Crippen LogP contribution in [0.5, 0.6) is 0 Å². The van der Waals surface area contributed by atoms with Gasteiger partial charge in [0.15, 0.2) is 5.69 Å². The second kappa shape index (κ2) is 10.1. The summed E-state index contributed by atoms with van der Waals surface area (Å²) in [7, 11) is 0. The van der Waals surface area contributed by atoms with Crippen molar-refractivity contribution in [3.63, 3.8) is 0 Å². The SMILES string of the molecule is C=CCN(C(=O)c1csnn1)C(C(=O)NCc1ccccc1)c1c(F)cccc1Cl. The van der Waals surface area contributed by atoms with Crippen molar-refractivity contribution in [1.82, 2.24) is 19.8 Å². The van der Waals surface area contributed by atoms with Gasteiger partial charge in [-0.15, -0.1) is 11.7 Å². The van der Waals surface area contributed by atoms with Crippen molar-refractivity contribution >= 4 is 34.9 Å². The Balaban J connectivity index is 2.00. The Morgan fingerprint density at radius 2 is 2.00 bits per heavy atom. The number of hydrogen-bond acceptors (Lipinski definition) is 5. The summed E-state index contributed by atoms with van der Waals surface area (Å²) in [5.41, 5.74) is 0.813. The molecule has 0 radical (unpaired) electrons. The van der Waals surface area contributed by atoms with Crippen LogP contribution in [0, 0.1) is 5.82 Å². The zero-order valence-electron chi connectivity index (χ0n) is 15.8. The van der Waals surface area contributed by atoms with Crippen LogP contribution in [0.1, 0.15) is 27.7 Å². The fraction of sp³-hybridized carbons (Fsp3) is 0.143. The van der Waals surface area contributed by atoms with Crippen molar-refractivity contribution in [3.8, 4) is 0 Å². The highest BCUT2D eigenvalue weighted by molar-refractivity contribution is 7.03. The first kappa shape index (κ1) is 21.6. The van der Waals surface area contributed by atoms with Gasteiger partial charge in [0, 0.05) is 29.1 Å². The molecule has 1 unspecified atom stereocenters. The summed E-state index contributed by atoms with van der Waals surface area (Å²) >= 11 is 7.25. The molecule has 0 saturated carbocycles. The van der Waals surface area contributed by atoms with E-state index in [-0.39, 0.29) is 29.4 Å². The van der Waals surface area contributed by atoms with Crippen LogP contribution in [-0.2, 0) is 11.3 Å². The molecule has 1 N–H and O–H groups in total. The van der Waals surface area contributed by atoms with E-state index < -0.39 is 23.7 Å². The van der Waals surface area contributed by atoms with E-state index >= 15 is 0 Å². The van der Waals surface area contributed by atoms with E-state index in [1.165, 1.54) is 34.6 Å². The summed E-state index contributed by atoms with van der Waals surface area (Å²) in [5, 5.41) is 8.04. The summed E-state index contributed by atoms with van der Waals surface area (Å²) in [4.78, 5) is 27.4. The second-order valence-corrected chi connectivity index (χ2v) is 7.29. The highest BCUT2D eigenvalue weighted by Crippen LogP contribution is 2.31. The van der Waals surface area contributed by atoms with Crippen molar-refractivity contribution in [3.05, 3.63) is 94.2 Å². The van der Waals surface area contributed by atoms with E-state index in [1.54, 1.807) is 0 Å². The third kappa shape index (κ3) is 4.90. The zero-order chi connectivity index (χ0) is 21.5. The van der Waals surface area contributed by atoms with E-state index in [4.69, 9.17) is 11.6 Å². The molecular formula is C21H18ClFN4O2S. The number of carbonyl (C=O) groups is 2. The predicted octanol–water partition coefficient (Wildman–Crippen LogP) is 4.02. The van der Waals surface area contributed by atoms with Gasteiger partial charge in [-0.05, 0) is 29.2 Å². The van der Waals surface area contributed by atoms with Crippen LogP contribution in [0.3, 0.4) is 0 Å². The first-order valence-electron chi connectivity index (χ1n) is 8.97. The number of carbonyl (C=O) groups excluding carboxylic acids is 2. The maximum Gasteiger partial charge on any atom is 0.276 e. The molecule has 3 aromatic rings. The maximum atomic E-state index is 14.8. The summed E-state index contributed by atoms with van der Waals surface area (Å²) < 4.78 is 18.5. The number of halogens is 2. The van der Waals surface area contributed by atoms with Crippen molar-refractivity contribution in [2.45, 2.75) is 12.6 Å². The summed E-state index contributed by atoms with van der Waals surface area (Å²) in [6.45, 7) is 3.83. The number of rotatable bonds is 8. The predicted molar refractivity (Wildman–Crippen MR) is 114 cm³/mol. The molecule has 0 fully saturated rings. The third-order valence-electron chi connectivity index (χ3n) is 4.31. The molecular weight excluding hydrogens is 427 g/mol. The molecule has 9 heteroatoms. The molecule has 3 rings (SSSR count). The fourth-order valence-corrected chi connectivity index (χ4v) is 3.63. The van der Waals surface area contributed by atoms with E-state index in [1.807, 2.05) is 30.3 Å². The number of hydrogen-bond donors (Lipinski definition) is 1. The van der Waals surface area contributed by atoms with E-state index in [0.29, 0.717) is 0 Å². The largest absolute Gasteiger partial charge is 0.350 e. The average molecular weight is 445 g/mol. The van der Waals surface area contributed by atoms with Gasteiger partial charge in [-0.25, -0.2) is 4.39 Å². The Kier molecular flexibility index (Phi) is 7.26. The molecule has 30 heavy (non-hydrogen) atoms. The Labute approximate surface area is 182 Å². The summed E-state index contributed by atoms with van der Waals surface area (Å²) in [6, 6.07) is 12.0. The van der Waals surface area contributed by atoms with E-state index in [0.717, 1.165) is 17.1 Å². The topological polar surface area (TPSA) is 75.2 Å². The molecule has 1 aromatic heterocycles. The van der Waals surface area contributed by atoms with Crippen LogP contribution >= 0.6 is 23.1 Å². The molecule has 2 aromatic carbocycles. The van der Waals surface area contributed by atoms with Crippen molar-refractivity contribution in [2.75, 3.05) is 6.54 Å². The van der Waals surface area contributed by atoms with Gasteiger partial charge in [0.2, 0.25) is 5.91 Å². The van der Waals surface area contributed by atoms with Crippen LogP contribution in [0.4, 0.5) is 4.39 Å². The number of aromatic nitrogens is 2. The van der Waals surface area contributed by atoms with E-state index in [9.17, 15) is 14.0 Å². The number of amides is 2. The number of nitrogens with zero attached hydrogens (tertiary/aromatic N) is 3. The van der Waals surface area contributed by atoms with Crippen molar-refractivity contribution in [2.24, 2.45) is 0 Å². The molecule has 0 aliphatic heterocycles. The van der Waals surface area contributed by atoms with Crippen LogP contribution in [0.15, 0.2) is 66.6 Å². The smallest absolute Gasteiger partial charge is 0.276 e. The van der Waals surface area contributed by atoms with Crippen LogP contribution in [-0.4, -0.2) is 32.8 Å². The lowest BCUT2D eigenvalue weighted by Crippen LogP contribution is -2.44. The molecule has 1 heterocycles. The quantitative estimate of drug-likeness (QED) is 0.532. The van der Waals surface area contributed by atoms with Crippen LogP contribution < -0.4 is 5.32 Å². The first-order valence-corrected chi connectivity index (χ1v) is 10.2. The highest BCUT2D eigenvalue weighted by atomic mass is 35.5.